The Morgan fingerprint density at radius 3 is 2.61 bits per heavy atom. The second-order valence-electron chi connectivity index (χ2n) is 3.99. The van der Waals surface area contributed by atoms with Crippen LogP contribution < -0.4 is 10.6 Å². The summed E-state index contributed by atoms with van der Waals surface area (Å²) in [6.07, 6.45) is 0. The summed E-state index contributed by atoms with van der Waals surface area (Å²) in [4.78, 5) is 11.3. The van der Waals surface area contributed by atoms with Crippen LogP contribution in [0.1, 0.15) is 12.5 Å². The van der Waals surface area contributed by atoms with Crippen LogP contribution in [0.2, 0.25) is 0 Å². The van der Waals surface area contributed by atoms with Gasteiger partial charge >= 0.3 is 6.03 Å². The van der Waals surface area contributed by atoms with Crippen LogP contribution in [-0.2, 0) is 5.72 Å². The number of hydrogen-bond donors (Lipinski definition) is 3. The average Bonchev–Trinajstić information content (AvgIpc) is 2.19. The lowest BCUT2D eigenvalue weighted by molar-refractivity contribution is -0.187. The Bertz CT molecular complexity index is 533. The van der Waals surface area contributed by atoms with Gasteiger partial charge in [0.05, 0.1) is 10.2 Å². The molecule has 4 nitrogen and oxygen atoms in total. The number of fused-ring (bicyclic) bond motifs is 1. The standard InChI is InChI=1S/C10H8BrF3N2O2/c1-9(13,14)10(18)4-2-6(12)5(11)3-7(4)15-8(17)16-10/h2-3,18H,1H3,(H2,15,16,17). The number of anilines is 1. The number of carbonyl (C=O) groups excluding carboxylic acids is 1. The summed E-state index contributed by atoms with van der Waals surface area (Å²) in [6.45, 7) is 0.433. The predicted octanol–water partition coefficient (Wildman–Crippen LogP) is 2.52. The molecule has 0 saturated carbocycles. The number of alkyl halides is 2. The van der Waals surface area contributed by atoms with Gasteiger partial charge in [-0.1, -0.05) is 0 Å². The second-order valence-corrected chi connectivity index (χ2v) is 4.84. The number of amides is 2. The van der Waals surface area contributed by atoms with E-state index in [2.05, 4.69) is 21.2 Å². The van der Waals surface area contributed by atoms with Gasteiger partial charge in [0.1, 0.15) is 5.82 Å². The van der Waals surface area contributed by atoms with Crippen LogP contribution in [0.15, 0.2) is 16.6 Å². The molecule has 1 aromatic carbocycles. The molecule has 0 fully saturated rings. The molecule has 2 rings (SSSR count). The first kappa shape index (κ1) is 13.2. The molecule has 0 spiro atoms. The average molecular weight is 325 g/mol. The molecule has 1 aliphatic heterocycles. The largest absolute Gasteiger partial charge is 0.362 e. The zero-order valence-corrected chi connectivity index (χ0v) is 10.6. The second kappa shape index (κ2) is 3.86. The molecule has 8 heteroatoms. The van der Waals surface area contributed by atoms with Crippen molar-refractivity contribution in [3.8, 4) is 0 Å². The highest BCUT2D eigenvalue weighted by Gasteiger charge is 2.54. The van der Waals surface area contributed by atoms with Gasteiger partial charge in [0.25, 0.3) is 5.92 Å². The van der Waals surface area contributed by atoms with Crippen LogP contribution in [0.25, 0.3) is 0 Å². The molecule has 1 heterocycles. The maximum absolute atomic E-state index is 13.4. The minimum absolute atomic E-state index is 0.00906. The molecule has 1 unspecified atom stereocenters. The summed E-state index contributed by atoms with van der Waals surface area (Å²) >= 11 is 2.87. The lowest BCUT2D eigenvalue weighted by Gasteiger charge is -2.39. The number of rotatable bonds is 1. The van der Waals surface area contributed by atoms with Gasteiger partial charge in [-0.3, -0.25) is 0 Å². The Hall–Kier alpha value is -1.28. The number of hydrogen-bond acceptors (Lipinski definition) is 2. The van der Waals surface area contributed by atoms with E-state index >= 15 is 0 Å². The van der Waals surface area contributed by atoms with Crippen LogP contribution in [0.3, 0.4) is 0 Å². The summed E-state index contributed by atoms with van der Waals surface area (Å²) in [6, 6.07) is 0.855. The highest BCUT2D eigenvalue weighted by Crippen LogP contribution is 2.42. The van der Waals surface area contributed by atoms with Gasteiger partial charge in [-0.25, -0.2) is 18.0 Å². The number of halogens is 4. The van der Waals surface area contributed by atoms with E-state index < -0.39 is 29.1 Å². The number of urea groups is 1. The Morgan fingerprint density at radius 2 is 2.06 bits per heavy atom. The molecule has 98 valence electrons. The van der Waals surface area contributed by atoms with Crippen molar-refractivity contribution in [1.29, 1.82) is 0 Å². The van der Waals surface area contributed by atoms with Crippen LogP contribution in [0.5, 0.6) is 0 Å². The number of aliphatic hydroxyl groups is 1. The van der Waals surface area contributed by atoms with Gasteiger partial charge in [0, 0.05) is 12.5 Å². The monoisotopic (exact) mass is 324 g/mol. The summed E-state index contributed by atoms with van der Waals surface area (Å²) in [7, 11) is 0. The molecule has 1 aliphatic rings. The fourth-order valence-corrected chi connectivity index (χ4v) is 2.02. The lowest BCUT2D eigenvalue weighted by atomic mass is 9.93. The Morgan fingerprint density at radius 1 is 1.44 bits per heavy atom. The first-order valence-electron chi connectivity index (χ1n) is 4.84. The van der Waals surface area contributed by atoms with Gasteiger partial charge < -0.3 is 15.7 Å². The van der Waals surface area contributed by atoms with E-state index in [0.29, 0.717) is 6.92 Å². The van der Waals surface area contributed by atoms with E-state index in [4.69, 9.17) is 0 Å². The highest BCUT2D eigenvalue weighted by molar-refractivity contribution is 9.10. The van der Waals surface area contributed by atoms with Crippen molar-refractivity contribution in [3.05, 3.63) is 28.0 Å². The van der Waals surface area contributed by atoms with E-state index in [-0.39, 0.29) is 10.2 Å². The van der Waals surface area contributed by atoms with E-state index in [1.54, 1.807) is 5.32 Å². The van der Waals surface area contributed by atoms with Gasteiger partial charge in [0.2, 0.25) is 5.72 Å². The molecule has 1 atom stereocenters. The third-order valence-corrected chi connectivity index (χ3v) is 3.24. The SMILES string of the molecule is CC(F)(F)C1(O)NC(=O)Nc2cc(Br)c(F)cc21. The lowest BCUT2D eigenvalue weighted by Crippen LogP contribution is -2.60. The molecule has 0 aromatic heterocycles. The van der Waals surface area contributed by atoms with Crippen molar-refractivity contribution in [2.24, 2.45) is 0 Å². The van der Waals surface area contributed by atoms with Crippen molar-refractivity contribution < 1.29 is 23.1 Å². The third kappa shape index (κ3) is 1.85. The van der Waals surface area contributed by atoms with Crippen molar-refractivity contribution in [2.75, 3.05) is 5.32 Å². The Balaban J connectivity index is 2.69. The smallest absolute Gasteiger partial charge is 0.321 e. The van der Waals surface area contributed by atoms with Gasteiger partial charge in [0.15, 0.2) is 0 Å². The minimum Gasteiger partial charge on any atom is -0.362 e. The zero-order chi connectivity index (χ0) is 13.7. The molecular formula is C10H8BrF3N2O2. The first-order valence-corrected chi connectivity index (χ1v) is 5.63. The van der Waals surface area contributed by atoms with Crippen molar-refractivity contribution in [2.45, 2.75) is 18.6 Å². The number of benzene rings is 1. The Kier molecular flexibility index (Phi) is 2.82. The molecular weight excluding hydrogens is 317 g/mol. The molecule has 0 saturated heterocycles. The summed E-state index contributed by atoms with van der Waals surface area (Å²) in [5.41, 5.74) is -3.47. The van der Waals surface area contributed by atoms with Crippen LogP contribution >= 0.6 is 15.9 Å². The number of nitrogens with one attached hydrogen (secondary N) is 2. The maximum atomic E-state index is 13.4. The molecule has 3 N–H and O–H groups in total. The van der Waals surface area contributed by atoms with Crippen molar-refractivity contribution in [1.82, 2.24) is 5.32 Å². The molecule has 18 heavy (non-hydrogen) atoms. The van der Waals surface area contributed by atoms with Gasteiger partial charge in [-0.15, -0.1) is 0 Å². The maximum Gasteiger partial charge on any atom is 0.321 e. The van der Waals surface area contributed by atoms with Crippen LogP contribution in [0.4, 0.5) is 23.7 Å². The Labute approximate surface area is 108 Å². The van der Waals surface area contributed by atoms with E-state index in [1.165, 1.54) is 0 Å². The van der Waals surface area contributed by atoms with Crippen molar-refractivity contribution >= 4 is 27.6 Å². The topological polar surface area (TPSA) is 61.4 Å². The quantitative estimate of drug-likeness (QED) is 0.743. The van der Waals surface area contributed by atoms with Crippen molar-refractivity contribution in [3.63, 3.8) is 0 Å². The normalized spacial score (nSPS) is 23.1. The first-order chi connectivity index (χ1) is 8.15. The predicted molar refractivity (Wildman–Crippen MR) is 60.8 cm³/mol. The molecule has 0 bridgehead atoms. The van der Waals surface area contributed by atoms with Crippen LogP contribution in [0, 0.1) is 5.82 Å². The number of carbonyl (C=O) groups is 1. The summed E-state index contributed by atoms with van der Waals surface area (Å²) in [5, 5.41) is 13.9. The fraction of sp³-hybridized carbons (Fsp3) is 0.300. The fourth-order valence-electron chi connectivity index (χ4n) is 1.68. The summed E-state index contributed by atoms with van der Waals surface area (Å²) < 4.78 is 40.3. The van der Waals surface area contributed by atoms with Crippen LogP contribution in [-0.4, -0.2) is 17.1 Å². The van der Waals surface area contributed by atoms with Gasteiger partial charge in [-0.2, -0.15) is 0 Å². The van der Waals surface area contributed by atoms with Gasteiger partial charge in [-0.05, 0) is 28.1 Å². The minimum atomic E-state index is -3.68. The third-order valence-electron chi connectivity index (χ3n) is 2.63. The van der Waals surface area contributed by atoms with E-state index in [9.17, 15) is 23.1 Å². The highest BCUT2D eigenvalue weighted by atomic mass is 79.9. The molecule has 1 aromatic rings. The summed E-state index contributed by atoms with van der Waals surface area (Å²) in [5.74, 6) is -4.51. The molecule has 0 aliphatic carbocycles. The van der Waals surface area contributed by atoms with E-state index in [1.807, 2.05) is 0 Å². The zero-order valence-electron chi connectivity index (χ0n) is 9.02. The molecule has 0 radical (unpaired) electrons. The molecule has 2 amide bonds. The van der Waals surface area contributed by atoms with E-state index in [0.717, 1.165) is 12.1 Å².